The second kappa shape index (κ2) is 7.47. The Balaban J connectivity index is 1.47. The van der Waals surface area contributed by atoms with E-state index < -0.39 is 10.0 Å². The molecule has 4 rings (SSSR count). The quantitative estimate of drug-likeness (QED) is 0.667. The SMILES string of the molecule is CS(=O)(=O)N1CCCC(C(=O)Nc2nc(-c3cc4cc(Cl)ccc4o3)cs2)C1. The molecule has 1 N–H and O–H groups in total. The van der Waals surface area contributed by atoms with Crippen molar-refractivity contribution in [2.45, 2.75) is 12.8 Å². The first-order valence-electron chi connectivity index (χ1n) is 8.70. The molecule has 1 atom stereocenters. The molecule has 3 heterocycles. The van der Waals surface area contributed by atoms with Crippen molar-refractivity contribution < 1.29 is 17.6 Å². The predicted molar refractivity (Wildman–Crippen MR) is 110 cm³/mol. The van der Waals surface area contributed by atoms with Crippen LogP contribution in [0.15, 0.2) is 34.1 Å². The molecule has 1 aliphatic rings. The van der Waals surface area contributed by atoms with Crippen LogP contribution in [-0.4, -0.2) is 43.0 Å². The van der Waals surface area contributed by atoms with Gasteiger partial charge in [-0.1, -0.05) is 11.6 Å². The highest BCUT2D eigenvalue weighted by Gasteiger charge is 2.30. The molecule has 7 nitrogen and oxygen atoms in total. The largest absolute Gasteiger partial charge is 0.454 e. The number of carbonyl (C=O) groups is 1. The highest BCUT2D eigenvalue weighted by molar-refractivity contribution is 7.88. The molecule has 2 aromatic heterocycles. The Morgan fingerprint density at radius 1 is 1.39 bits per heavy atom. The van der Waals surface area contributed by atoms with Gasteiger partial charge in [-0.3, -0.25) is 4.79 Å². The first kappa shape index (κ1) is 19.4. The summed E-state index contributed by atoms with van der Waals surface area (Å²) in [6.45, 7) is 0.660. The van der Waals surface area contributed by atoms with Crippen LogP contribution in [0.1, 0.15) is 12.8 Å². The first-order chi connectivity index (χ1) is 13.3. The summed E-state index contributed by atoms with van der Waals surface area (Å²) in [4.78, 5) is 17.0. The van der Waals surface area contributed by atoms with Crippen molar-refractivity contribution in [3.05, 3.63) is 34.7 Å². The van der Waals surface area contributed by atoms with Crippen LogP contribution >= 0.6 is 22.9 Å². The van der Waals surface area contributed by atoms with Crippen molar-refractivity contribution in [1.82, 2.24) is 9.29 Å². The zero-order valence-electron chi connectivity index (χ0n) is 15.0. The van der Waals surface area contributed by atoms with Gasteiger partial charge in [-0.25, -0.2) is 17.7 Å². The number of nitrogens with zero attached hydrogens (tertiary/aromatic N) is 2. The molecule has 1 saturated heterocycles. The molecule has 0 saturated carbocycles. The molecule has 1 unspecified atom stereocenters. The molecule has 0 radical (unpaired) electrons. The summed E-state index contributed by atoms with van der Waals surface area (Å²) in [6, 6.07) is 7.23. The minimum Gasteiger partial charge on any atom is -0.454 e. The predicted octanol–water partition coefficient (Wildman–Crippen LogP) is 3.82. The molecule has 0 spiro atoms. The van der Waals surface area contributed by atoms with Crippen LogP contribution in [0.3, 0.4) is 0 Å². The van der Waals surface area contributed by atoms with E-state index in [2.05, 4.69) is 10.3 Å². The van der Waals surface area contributed by atoms with E-state index in [1.165, 1.54) is 21.9 Å². The van der Waals surface area contributed by atoms with Gasteiger partial charge in [-0.05, 0) is 37.1 Å². The number of hydrogen-bond acceptors (Lipinski definition) is 6. The summed E-state index contributed by atoms with van der Waals surface area (Å²) < 4.78 is 30.6. The molecule has 0 aliphatic carbocycles. The van der Waals surface area contributed by atoms with Crippen molar-refractivity contribution in [2.75, 3.05) is 24.7 Å². The zero-order valence-corrected chi connectivity index (χ0v) is 17.4. The second-order valence-corrected chi connectivity index (χ2v) is 10.1. The van der Waals surface area contributed by atoms with Gasteiger partial charge in [-0.2, -0.15) is 0 Å². The van der Waals surface area contributed by atoms with Gasteiger partial charge in [0, 0.05) is 28.9 Å². The molecule has 1 amide bonds. The molecule has 1 aliphatic heterocycles. The van der Waals surface area contributed by atoms with Crippen LogP contribution in [0.5, 0.6) is 0 Å². The van der Waals surface area contributed by atoms with E-state index in [0.717, 1.165) is 5.39 Å². The number of furan rings is 1. The van der Waals surface area contributed by atoms with Crippen molar-refractivity contribution in [2.24, 2.45) is 5.92 Å². The lowest BCUT2D eigenvalue weighted by molar-refractivity contribution is -0.120. The Bertz CT molecular complexity index is 1140. The number of aromatic nitrogens is 1. The van der Waals surface area contributed by atoms with E-state index in [0.29, 0.717) is 46.6 Å². The first-order valence-corrected chi connectivity index (χ1v) is 11.8. The number of benzene rings is 1. The molecular weight excluding hydrogens is 422 g/mol. The fourth-order valence-corrected chi connectivity index (χ4v) is 5.04. The third-order valence-electron chi connectivity index (χ3n) is 4.69. The van der Waals surface area contributed by atoms with Gasteiger partial charge in [0.1, 0.15) is 11.3 Å². The van der Waals surface area contributed by atoms with Gasteiger partial charge in [0.2, 0.25) is 15.9 Å². The lowest BCUT2D eigenvalue weighted by atomic mass is 9.99. The molecule has 148 valence electrons. The number of carbonyl (C=O) groups excluding carboxylic acids is 1. The Morgan fingerprint density at radius 3 is 3.00 bits per heavy atom. The minimum absolute atomic E-state index is 0.202. The second-order valence-electron chi connectivity index (χ2n) is 6.78. The van der Waals surface area contributed by atoms with Gasteiger partial charge in [0.25, 0.3) is 0 Å². The van der Waals surface area contributed by atoms with Crippen LogP contribution in [-0.2, 0) is 14.8 Å². The Hall–Kier alpha value is -1.94. The average molecular weight is 440 g/mol. The summed E-state index contributed by atoms with van der Waals surface area (Å²) in [5, 5.41) is 6.56. The van der Waals surface area contributed by atoms with Crippen molar-refractivity contribution in [1.29, 1.82) is 0 Å². The maximum Gasteiger partial charge on any atom is 0.230 e. The highest BCUT2D eigenvalue weighted by atomic mass is 35.5. The summed E-state index contributed by atoms with van der Waals surface area (Å²) >= 11 is 7.30. The summed E-state index contributed by atoms with van der Waals surface area (Å²) in [5.74, 6) is -0.00950. The molecule has 3 aromatic rings. The number of fused-ring (bicyclic) bond motifs is 1. The normalized spacial score (nSPS) is 18.4. The number of anilines is 1. The van der Waals surface area contributed by atoms with Gasteiger partial charge < -0.3 is 9.73 Å². The van der Waals surface area contributed by atoms with E-state index in [1.54, 1.807) is 17.5 Å². The standard InChI is InChI=1S/C18H18ClN3O4S2/c1-28(24,25)22-6-2-3-11(9-22)17(23)21-18-20-14(10-27-18)16-8-12-7-13(19)4-5-15(12)26-16/h4-5,7-8,10-11H,2-3,6,9H2,1H3,(H,20,21,23). The molecule has 1 aromatic carbocycles. The zero-order chi connectivity index (χ0) is 19.9. The smallest absolute Gasteiger partial charge is 0.230 e. The van der Waals surface area contributed by atoms with Crippen LogP contribution < -0.4 is 5.32 Å². The van der Waals surface area contributed by atoms with Gasteiger partial charge in [0.15, 0.2) is 10.9 Å². The average Bonchev–Trinajstić information content (AvgIpc) is 3.27. The van der Waals surface area contributed by atoms with Crippen molar-refractivity contribution in [3.63, 3.8) is 0 Å². The topological polar surface area (TPSA) is 92.5 Å². The monoisotopic (exact) mass is 439 g/mol. The Kier molecular flexibility index (Phi) is 5.17. The third-order valence-corrected chi connectivity index (χ3v) is 6.95. The van der Waals surface area contributed by atoms with Gasteiger partial charge >= 0.3 is 0 Å². The van der Waals surface area contributed by atoms with Crippen molar-refractivity contribution in [3.8, 4) is 11.5 Å². The van der Waals surface area contributed by atoms with E-state index in [9.17, 15) is 13.2 Å². The number of hydrogen-bond donors (Lipinski definition) is 1. The number of thiazole rings is 1. The van der Waals surface area contributed by atoms with E-state index in [1.807, 2.05) is 12.1 Å². The lowest BCUT2D eigenvalue weighted by Gasteiger charge is -2.29. The molecular formula is C18H18ClN3O4S2. The Labute approximate surface area is 171 Å². The number of rotatable bonds is 4. The lowest BCUT2D eigenvalue weighted by Crippen LogP contribution is -2.43. The third kappa shape index (κ3) is 4.07. The summed E-state index contributed by atoms with van der Waals surface area (Å²) in [5.41, 5.74) is 1.33. The fraction of sp³-hybridized carbons (Fsp3) is 0.333. The molecule has 28 heavy (non-hydrogen) atoms. The minimum atomic E-state index is -3.29. The van der Waals surface area contributed by atoms with E-state index in [4.69, 9.17) is 16.0 Å². The van der Waals surface area contributed by atoms with Crippen LogP contribution in [0.25, 0.3) is 22.4 Å². The number of sulfonamides is 1. The molecule has 0 bridgehead atoms. The molecule has 1 fully saturated rings. The molecule has 10 heteroatoms. The van der Waals surface area contributed by atoms with E-state index in [-0.39, 0.29) is 18.4 Å². The van der Waals surface area contributed by atoms with Gasteiger partial charge in [0.05, 0.1) is 12.2 Å². The number of halogens is 1. The Morgan fingerprint density at radius 2 is 2.21 bits per heavy atom. The summed E-state index contributed by atoms with van der Waals surface area (Å²) in [6.07, 6.45) is 2.48. The summed E-state index contributed by atoms with van der Waals surface area (Å²) in [7, 11) is -3.29. The highest BCUT2D eigenvalue weighted by Crippen LogP contribution is 2.32. The van der Waals surface area contributed by atoms with Crippen LogP contribution in [0.2, 0.25) is 5.02 Å². The fourth-order valence-electron chi connectivity index (χ4n) is 3.25. The van der Waals surface area contributed by atoms with Gasteiger partial charge in [-0.15, -0.1) is 11.3 Å². The maximum absolute atomic E-state index is 12.6. The van der Waals surface area contributed by atoms with Crippen LogP contribution in [0, 0.1) is 5.92 Å². The maximum atomic E-state index is 12.6. The van der Waals surface area contributed by atoms with E-state index >= 15 is 0 Å². The number of amides is 1. The number of nitrogens with one attached hydrogen (secondary N) is 1. The van der Waals surface area contributed by atoms with Crippen molar-refractivity contribution >= 4 is 55.0 Å². The van der Waals surface area contributed by atoms with Crippen LogP contribution in [0.4, 0.5) is 5.13 Å². The number of piperidine rings is 1.